The van der Waals surface area contributed by atoms with Crippen molar-refractivity contribution in [1.82, 2.24) is 4.90 Å². The highest BCUT2D eigenvalue weighted by molar-refractivity contribution is 5.94. The third-order valence-electron chi connectivity index (χ3n) is 4.63. The number of amides is 2. The van der Waals surface area contributed by atoms with Crippen LogP contribution in [0.4, 0.5) is 14.5 Å². The number of esters is 1. The summed E-state index contributed by atoms with van der Waals surface area (Å²) in [6, 6.07) is 12.8. The number of anilines is 1. The number of nitrogens with one attached hydrogen (secondary N) is 1. The molecule has 0 bridgehead atoms. The summed E-state index contributed by atoms with van der Waals surface area (Å²) in [5.74, 6) is -4.24. The molecule has 0 radical (unpaired) electrons. The quantitative estimate of drug-likeness (QED) is 0.723. The van der Waals surface area contributed by atoms with Crippen LogP contribution in [0.25, 0.3) is 0 Å². The highest BCUT2D eigenvalue weighted by Crippen LogP contribution is 2.20. The lowest BCUT2D eigenvalue weighted by molar-refractivity contribution is -0.151. The van der Waals surface area contributed by atoms with Crippen molar-refractivity contribution in [2.75, 3.05) is 25.0 Å². The van der Waals surface area contributed by atoms with Crippen LogP contribution < -0.4 is 5.32 Å². The molecular formula is C21H20F2N2O4. The van der Waals surface area contributed by atoms with Crippen molar-refractivity contribution < 1.29 is 27.9 Å². The lowest BCUT2D eigenvalue weighted by Gasteiger charge is -2.16. The molecule has 0 aromatic heterocycles. The summed E-state index contributed by atoms with van der Waals surface area (Å²) in [7, 11) is 0. The Bertz CT molecular complexity index is 885. The van der Waals surface area contributed by atoms with Gasteiger partial charge in [-0.2, -0.15) is 0 Å². The third kappa shape index (κ3) is 5.37. The number of para-hydroxylation sites is 1. The van der Waals surface area contributed by atoms with E-state index < -0.39 is 41.7 Å². The summed E-state index contributed by atoms with van der Waals surface area (Å²) in [6.07, 6.45) is 0.683. The van der Waals surface area contributed by atoms with Gasteiger partial charge in [0, 0.05) is 19.5 Å². The minimum atomic E-state index is -0.930. The highest BCUT2D eigenvalue weighted by Gasteiger charge is 2.35. The first-order chi connectivity index (χ1) is 13.9. The number of benzene rings is 2. The summed E-state index contributed by atoms with van der Waals surface area (Å²) in [5.41, 5.74) is 0.486. The van der Waals surface area contributed by atoms with Crippen molar-refractivity contribution >= 4 is 23.5 Å². The van der Waals surface area contributed by atoms with Gasteiger partial charge in [-0.05, 0) is 24.1 Å². The maximum Gasteiger partial charge on any atom is 0.311 e. The van der Waals surface area contributed by atoms with Crippen LogP contribution in [0.3, 0.4) is 0 Å². The Morgan fingerprint density at radius 3 is 2.45 bits per heavy atom. The molecule has 0 saturated carbocycles. The Kier molecular flexibility index (Phi) is 6.54. The fourth-order valence-electron chi connectivity index (χ4n) is 3.10. The second kappa shape index (κ2) is 9.27. The Balaban J connectivity index is 1.46. The first kappa shape index (κ1) is 20.4. The molecule has 1 N–H and O–H groups in total. The third-order valence-corrected chi connectivity index (χ3v) is 4.63. The summed E-state index contributed by atoms with van der Waals surface area (Å²) in [4.78, 5) is 37.7. The largest absolute Gasteiger partial charge is 0.455 e. The molecule has 6 nitrogen and oxygen atoms in total. The first-order valence-electron chi connectivity index (χ1n) is 9.16. The van der Waals surface area contributed by atoms with Gasteiger partial charge >= 0.3 is 5.97 Å². The lowest BCUT2D eigenvalue weighted by atomic mass is 10.1. The van der Waals surface area contributed by atoms with Gasteiger partial charge in [-0.15, -0.1) is 0 Å². The van der Waals surface area contributed by atoms with Crippen molar-refractivity contribution in [3.63, 3.8) is 0 Å². The molecule has 2 amide bonds. The molecule has 1 atom stereocenters. The van der Waals surface area contributed by atoms with E-state index in [-0.39, 0.29) is 18.9 Å². The van der Waals surface area contributed by atoms with Gasteiger partial charge in [0.1, 0.15) is 17.3 Å². The molecule has 29 heavy (non-hydrogen) atoms. The Morgan fingerprint density at radius 2 is 1.76 bits per heavy atom. The Labute approximate surface area is 166 Å². The predicted molar refractivity (Wildman–Crippen MR) is 101 cm³/mol. The minimum absolute atomic E-state index is 0.0111. The van der Waals surface area contributed by atoms with Crippen molar-refractivity contribution in [1.29, 1.82) is 0 Å². The van der Waals surface area contributed by atoms with Gasteiger partial charge in [-0.3, -0.25) is 14.4 Å². The van der Waals surface area contributed by atoms with Gasteiger partial charge in [0.15, 0.2) is 6.61 Å². The number of likely N-dealkylation sites (tertiary alicyclic amines) is 1. The Morgan fingerprint density at radius 1 is 1.07 bits per heavy atom. The average Bonchev–Trinajstić information content (AvgIpc) is 3.09. The summed E-state index contributed by atoms with van der Waals surface area (Å²) in [6.45, 7) is 0.00898. The molecule has 8 heteroatoms. The zero-order valence-corrected chi connectivity index (χ0v) is 15.6. The molecule has 152 valence electrons. The number of carbonyl (C=O) groups excluding carboxylic acids is 3. The van der Waals surface area contributed by atoms with E-state index in [4.69, 9.17) is 4.74 Å². The number of halogens is 2. The van der Waals surface area contributed by atoms with Crippen molar-refractivity contribution in [2.45, 2.75) is 12.8 Å². The molecule has 1 aliphatic heterocycles. The number of carbonyl (C=O) groups is 3. The van der Waals surface area contributed by atoms with Crippen LogP contribution in [0.1, 0.15) is 12.0 Å². The summed E-state index contributed by atoms with van der Waals surface area (Å²) in [5, 5.41) is 2.04. The maximum absolute atomic E-state index is 13.5. The van der Waals surface area contributed by atoms with E-state index in [9.17, 15) is 23.2 Å². The number of hydrogen-bond acceptors (Lipinski definition) is 4. The molecule has 0 spiro atoms. The topological polar surface area (TPSA) is 75.7 Å². The van der Waals surface area contributed by atoms with Crippen LogP contribution in [-0.4, -0.2) is 42.4 Å². The van der Waals surface area contributed by atoms with Crippen LogP contribution in [0.5, 0.6) is 0 Å². The van der Waals surface area contributed by atoms with E-state index in [0.717, 1.165) is 17.7 Å². The normalized spacial score (nSPS) is 16.0. The molecule has 1 saturated heterocycles. The van der Waals surface area contributed by atoms with E-state index in [1.165, 1.54) is 6.07 Å². The van der Waals surface area contributed by atoms with Crippen LogP contribution in [0, 0.1) is 17.6 Å². The van der Waals surface area contributed by atoms with Gasteiger partial charge in [-0.1, -0.05) is 36.4 Å². The molecule has 3 rings (SSSR count). The van der Waals surface area contributed by atoms with E-state index in [2.05, 4.69) is 0 Å². The average molecular weight is 402 g/mol. The van der Waals surface area contributed by atoms with Crippen LogP contribution in [0.15, 0.2) is 48.5 Å². The van der Waals surface area contributed by atoms with Crippen molar-refractivity contribution in [3.8, 4) is 0 Å². The van der Waals surface area contributed by atoms with E-state index in [1.807, 2.05) is 35.6 Å². The highest BCUT2D eigenvalue weighted by atomic mass is 19.1. The van der Waals surface area contributed by atoms with Gasteiger partial charge < -0.3 is 15.0 Å². The SMILES string of the molecule is O=C(COC(=O)[C@@H]1CC(=O)N(CCc2ccccc2)C1)Nc1c(F)cccc1F. The monoisotopic (exact) mass is 402 g/mol. The zero-order chi connectivity index (χ0) is 20.8. The molecule has 2 aromatic carbocycles. The zero-order valence-electron chi connectivity index (χ0n) is 15.6. The van der Waals surface area contributed by atoms with E-state index in [1.54, 1.807) is 4.90 Å². The summed E-state index contributed by atoms with van der Waals surface area (Å²) < 4.78 is 32.0. The number of rotatable bonds is 7. The number of hydrogen-bond donors (Lipinski definition) is 1. The number of ether oxygens (including phenoxy) is 1. The molecule has 0 unspecified atom stereocenters. The molecule has 1 heterocycles. The predicted octanol–water partition coefficient (Wildman–Crippen LogP) is 2.54. The number of nitrogens with zero attached hydrogens (tertiary/aromatic N) is 1. The molecule has 1 fully saturated rings. The van der Waals surface area contributed by atoms with E-state index in [0.29, 0.717) is 13.0 Å². The summed E-state index contributed by atoms with van der Waals surface area (Å²) >= 11 is 0. The first-order valence-corrected chi connectivity index (χ1v) is 9.16. The Hall–Kier alpha value is -3.29. The molecular weight excluding hydrogens is 382 g/mol. The van der Waals surface area contributed by atoms with Crippen molar-refractivity contribution in [3.05, 3.63) is 65.7 Å². The van der Waals surface area contributed by atoms with Gasteiger partial charge in [0.25, 0.3) is 5.91 Å². The van der Waals surface area contributed by atoms with Crippen molar-refractivity contribution in [2.24, 2.45) is 5.92 Å². The van der Waals surface area contributed by atoms with Crippen LogP contribution in [0.2, 0.25) is 0 Å². The molecule has 0 aliphatic carbocycles. The van der Waals surface area contributed by atoms with Gasteiger partial charge in [0.2, 0.25) is 5.91 Å². The van der Waals surface area contributed by atoms with Gasteiger partial charge in [-0.25, -0.2) is 8.78 Å². The maximum atomic E-state index is 13.5. The second-order valence-corrected chi connectivity index (χ2v) is 6.73. The lowest BCUT2D eigenvalue weighted by Crippen LogP contribution is -2.30. The van der Waals surface area contributed by atoms with Crippen LogP contribution in [-0.2, 0) is 25.5 Å². The van der Waals surface area contributed by atoms with Gasteiger partial charge in [0.05, 0.1) is 5.92 Å². The fourth-order valence-corrected chi connectivity index (χ4v) is 3.10. The van der Waals surface area contributed by atoms with E-state index >= 15 is 0 Å². The fraction of sp³-hybridized carbons (Fsp3) is 0.286. The molecule has 2 aromatic rings. The minimum Gasteiger partial charge on any atom is -0.455 e. The molecule has 1 aliphatic rings. The van der Waals surface area contributed by atoms with Crippen LogP contribution >= 0.6 is 0 Å². The smallest absolute Gasteiger partial charge is 0.311 e. The second-order valence-electron chi connectivity index (χ2n) is 6.73. The standard InChI is InChI=1S/C21H20F2N2O4/c22-16-7-4-8-17(23)20(16)24-18(26)13-29-21(28)15-11-19(27)25(12-15)10-9-14-5-2-1-3-6-14/h1-8,15H,9-13H2,(H,24,26)/t15-/m1/s1.